The molecule has 1 aliphatic heterocycles. The van der Waals surface area contributed by atoms with Crippen molar-refractivity contribution in [2.24, 2.45) is 0 Å². The zero-order valence-electron chi connectivity index (χ0n) is 11.5. The summed E-state index contributed by atoms with van der Waals surface area (Å²) in [6.45, 7) is 0.674. The van der Waals surface area contributed by atoms with E-state index in [1.165, 1.54) is 12.1 Å². The van der Waals surface area contributed by atoms with Gasteiger partial charge in [0.2, 0.25) is 0 Å². The smallest absolute Gasteiger partial charge is 0.262 e. The molecule has 0 unspecified atom stereocenters. The van der Waals surface area contributed by atoms with Crippen LogP contribution in [0.4, 0.5) is 14.5 Å². The third kappa shape index (κ3) is 3.32. The molecule has 5 nitrogen and oxygen atoms in total. The average molecular weight is 362 g/mol. The Labute approximate surface area is 135 Å². The molecule has 0 fully saturated rings. The van der Waals surface area contributed by atoms with Gasteiger partial charge in [-0.25, -0.2) is 17.2 Å². The number of rotatable bonds is 3. The molecule has 1 heterocycles. The summed E-state index contributed by atoms with van der Waals surface area (Å²) in [7, 11) is -4.22. The molecule has 1 N–H and O–H groups in total. The van der Waals surface area contributed by atoms with Crippen molar-refractivity contribution in [2.45, 2.75) is 4.90 Å². The van der Waals surface area contributed by atoms with E-state index in [0.717, 1.165) is 0 Å². The zero-order valence-corrected chi connectivity index (χ0v) is 13.0. The highest BCUT2D eigenvalue weighted by Gasteiger charge is 2.21. The number of benzene rings is 2. The van der Waals surface area contributed by atoms with Crippen LogP contribution in [0.2, 0.25) is 5.02 Å². The molecule has 0 bridgehead atoms. The highest BCUT2D eigenvalue weighted by atomic mass is 35.5. The number of sulfonamides is 1. The number of hydrogen-bond donors (Lipinski definition) is 1. The summed E-state index contributed by atoms with van der Waals surface area (Å²) in [5.41, 5.74) is 0.0144. The lowest BCUT2D eigenvalue weighted by molar-refractivity contribution is 0.171. The van der Waals surface area contributed by atoms with E-state index in [4.69, 9.17) is 21.1 Å². The van der Waals surface area contributed by atoms with Crippen molar-refractivity contribution in [1.82, 2.24) is 0 Å². The predicted octanol–water partition coefficient (Wildman–Crippen LogP) is 3.19. The van der Waals surface area contributed by atoms with E-state index in [-0.39, 0.29) is 10.7 Å². The van der Waals surface area contributed by atoms with Crippen molar-refractivity contribution >= 4 is 27.3 Å². The first-order chi connectivity index (χ1) is 10.8. The molecule has 0 atom stereocenters. The van der Waals surface area contributed by atoms with E-state index >= 15 is 0 Å². The van der Waals surface area contributed by atoms with Gasteiger partial charge in [0.25, 0.3) is 10.0 Å². The van der Waals surface area contributed by atoms with Crippen molar-refractivity contribution in [3.05, 3.63) is 47.0 Å². The van der Waals surface area contributed by atoms with Crippen LogP contribution in [0.3, 0.4) is 0 Å². The fourth-order valence-corrected chi connectivity index (χ4v) is 3.40. The van der Waals surface area contributed by atoms with Gasteiger partial charge in [0.05, 0.1) is 15.6 Å². The molecule has 0 aliphatic carbocycles. The molecule has 2 aromatic carbocycles. The van der Waals surface area contributed by atoms with Crippen LogP contribution in [-0.2, 0) is 10.0 Å². The highest BCUT2D eigenvalue weighted by Crippen LogP contribution is 2.38. The van der Waals surface area contributed by atoms with E-state index in [2.05, 4.69) is 4.72 Å². The van der Waals surface area contributed by atoms with Gasteiger partial charge in [-0.05, 0) is 12.1 Å². The Morgan fingerprint density at radius 2 is 1.52 bits per heavy atom. The Balaban J connectivity index is 1.97. The third-order valence-electron chi connectivity index (χ3n) is 3.02. The number of nitrogens with one attached hydrogen (secondary N) is 1. The van der Waals surface area contributed by atoms with E-state index in [0.29, 0.717) is 42.9 Å². The molecule has 3 rings (SSSR count). The van der Waals surface area contributed by atoms with Crippen LogP contribution >= 0.6 is 11.6 Å². The standard InChI is InChI=1S/C14H10ClF2NO4S/c15-11-6-13-14(22-2-1-21-13)7-12(11)18-23(19,20)10-4-8(16)3-9(17)5-10/h3-7,18H,1-2H2. The maximum Gasteiger partial charge on any atom is 0.262 e. The number of anilines is 1. The van der Waals surface area contributed by atoms with Gasteiger partial charge in [0.15, 0.2) is 11.5 Å². The molecule has 0 aromatic heterocycles. The van der Waals surface area contributed by atoms with E-state index in [1.807, 2.05) is 0 Å². The first-order valence-corrected chi connectivity index (χ1v) is 8.29. The number of halogens is 3. The summed E-state index contributed by atoms with van der Waals surface area (Å²) in [5, 5.41) is 0.0645. The molecule has 122 valence electrons. The summed E-state index contributed by atoms with van der Waals surface area (Å²) in [5.74, 6) is -1.29. The molecular weight excluding hydrogens is 352 g/mol. The van der Waals surface area contributed by atoms with Crippen LogP contribution in [0, 0.1) is 11.6 Å². The Morgan fingerprint density at radius 1 is 0.957 bits per heavy atom. The largest absolute Gasteiger partial charge is 0.486 e. The summed E-state index contributed by atoms with van der Waals surface area (Å²) < 4.78 is 63.8. The maximum absolute atomic E-state index is 13.2. The van der Waals surface area contributed by atoms with E-state index < -0.39 is 26.6 Å². The topological polar surface area (TPSA) is 64.6 Å². The predicted molar refractivity (Wildman–Crippen MR) is 79.6 cm³/mol. The van der Waals surface area contributed by atoms with Crippen molar-refractivity contribution in [3.63, 3.8) is 0 Å². The Hall–Kier alpha value is -2.06. The van der Waals surface area contributed by atoms with Crippen LogP contribution < -0.4 is 14.2 Å². The van der Waals surface area contributed by atoms with Crippen molar-refractivity contribution in [1.29, 1.82) is 0 Å². The van der Waals surface area contributed by atoms with Gasteiger partial charge in [0.1, 0.15) is 24.8 Å². The van der Waals surface area contributed by atoms with Crippen LogP contribution in [0.5, 0.6) is 11.5 Å². The monoisotopic (exact) mass is 361 g/mol. The Bertz CT molecular complexity index is 853. The second-order valence-corrected chi connectivity index (χ2v) is 6.78. The molecule has 23 heavy (non-hydrogen) atoms. The van der Waals surface area contributed by atoms with Crippen molar-refractivity contribution in [2.75, 3.05) is 17.9 Å². The first kappa shape index (κ1) is 15.8. The van der Waals surface area contributed by atoms with Crippen molar-refractivity contribution < 1.29 is 26.7 Å². The minimum absolute atomic E-state index is 0.0144. The van der Waals surface area contributed by atoms with Gasteiger partial charge < -0.3 is 9.47 Å². The lowest BCUT2D eigenvalue weighted by Gasteiger charge is -2.20. The minimum atomic E-state index is -4.22. The molecule has 0 amide bonds. The first-order valence-electron chi connectivity index (χ1n) is 6.43. The van der Waals surface area contributed by atoms with Gasteiger partial charge >= 0.3 is 0 Å². The summed E-state index contributed by atoms with van der Waals surface area (Å²) in [4.78, 5) is -0.555. The SMILES string of the molecule is O=S(=O)(Nc1cc2c(cc1Cl)OCCO2)c1cc(F)cc(F)c1. The van der Waals surface area contributed by atoms with E-state index in [9.17, 15) is 17.2 Å². The second-order valence-electron chi connectivity index (χ2n) is 4.69. The number of fused-ring (bicyclic) bond motifs is 1. The fourth-order valence-electron chi connectivity index (χ4n) is 2.03. The number of hydrogen-bond acceptors (Lipinski definition) is 4. The van der Waals surface area contributed by atoms with Crippen LogP contribution in [-0.4, -0.2) is 21.6 Å². The Morgan fingerprint density at radius 3 is 2.13 bits per heavy atom. The minimum Gasteiger partial charge on any atom is -0.486 e. The molecular formula is C14H10ClF2NO4S. The number of ether oxygens (including phenoxy) is 2. The fraction of sp³-hybridized carbons (Fsp3) is 0.143. The molecule has 0 saturated carbocycles. The molecule has 2 aromatic rings. The molecule has 1 aliphatic rings. The Kier molecular flexibility index (Phi) is 4.03. The zero-order chi connectivity index (χ0) is 16.6. The van der Waals surface area contributed by atoms with Gasteiger partial charge in [0, 0.05) is 18.2 Å². The lowest BCUT2D eigenvalue weighted by Crippen LogP contribution is -2.17. The maximum atomic E-state index is 13.2. The molecule has 0 saturated heterocycles. The normalized spacial score (nSPS) is 13.7. The van der Waals surface area contributed by atoms with Gasteiger partial charge in [-0.3, -0.25) is 4.72 Å². The summed E-state index contributed by atoms with van der Waals surface area (Å²) in [6.07, 6.45) is 0. The lowest BCUT2D eigenvalue weighted by atomic mass is 10.2. The van der Waals surface area contributed by atoms with Gasteiger partial charge in [-0.2, -0.15) is 0 Å². The molecule has 9 heteroatoms. The molecule has 0 radical (unpaired) electrons. The van der Waals surface area contributed by atoms with Gasteiger partial charge in [-0.1, -0.05) is 11.6 Å². The quantitative estimate of drug-likeness (QED) is 0.911. The second kappa shape index (κ2) is 5.86. The molecule has 0 spiro atoms. The summed E-state index contributed by atoms with van der Waals surface area (Å²) in [6, 6.07) is 4.74. The van der Waals surface area contributed by atoms with Crippen molar-refractivity contribution in [3.8, 4) is 11.5 Å². The third-order valence-corrected chi connectivity index (χ3v) is 4.68. The van der Waals surface area contributed by atoms with Crippen LogP contribution in [0.25, 0.3) is 0 Å². The van der Waals surface area contributed by atoms with Gasteiger partial charge in [-0.15, -0.1) is 0 Å². The van der Waals surface area contributed by atoms with Crippen LogP contribution in [0.1, 0.15) is 0 Å². The summed E-state index contributed by atoms with van der Waals surface area (Å²) >= 11 is 6.01. The highest BCUT2D eigenvalue weighted by molar-refractivity contribution is 7.92. The van der Waals surface area contributed by atoms with Crippen LogP contribution in [0.15, 0.2) is 35.2 Å². The average Bonchev–Trinajstić information content (AvgIpc) is 2.47. The van der Waals surface area contributed by atoms with E-state index in [1.54, 1.807) is 0 Å².